The molecule has 0 saturated carbocycles. The number of amidine groups is 1. The van der Waals surface area contributed by atoms with Crippen molar-refractivity contribution >= 4 is 35.0 Å². The Morgan fingerprint density at radius 1 is 1.28 bits per heavy atom. The van der Waals surface area contributed by atoms with Gasteiger partial charge in [-0.05, 0) is 30.3 Å². The van der Waals surface area contributed by atoms with Gasteiger partial charge in [-0.2, -0.15) is 0 Å². The van der Waals surface area contributed by atoms with Crippen molar-refractivity contribution < 1.29 is 9.59 Å². The summed E-state index contributed by atoms with van der Waals surface area (Å²) >= 11 is 0. The van der Waals surface area contributed by atoms with Crippen LogP contribution >= 0.6 is 0 Å². The van der Waals surface area contributed by atoms with Crippen molar-refractivity contribution in [3.05, 3.63) is 35.9 Å². The molecule has 0 fully saturated rings. The van der Waals surface area contributed by atoms with Gasteiger partial charge < -0.3 is 26.3 Å². The largest absolute Gasteiger partial charge is 0.388 e. The lowest BCUT2D eigenvalue weighted by Crippen LogP contribution is -2.27. The van der Waals surface area contributed by atoms with Crippen molar-refractivity contribution in [2.24, 2.45) is 5.73 Å². The van der Waals surface area contributed by atoms with E-state index in [9.17, 15) is 9.59 Å². The molecule has 0 radical (unpaired) electrons. The van der Waals surface area contributed by atoms with Crippen molar-refractivity contribution in [1.82, 2.24) is 20.3 Å². The number of nitrogens with one attached hydrogen (secondary N) is 5. The summed E-state index contributed by atoms with van der Waals surface area (Å²) in [5.41, 5.74) is 7.90. The highest BCUT2D eigenvalue weighted by Gasteiger charge is 2.11. The van der Waals surface area contributed by atoms with Crippen LogP contribution in [0, 0.1) is 5.41 Å². The molecule has 9 nitrogen and oxygen atoms in total. The highest BCUT2D eigenvalue weighted by Crippen LogP contribution is 2.22. The Balaban J connectivity index is 1.79. The number of hydrogen-bond donors (Lipinski definition) is 6. The summed E-state index contributed by atoms with van der Waals surface area (Å²) in [6, 6.07) is 8.67. The van der Waals surface area contributed by atoms with Crippen LogP contribution in [0.1, 0.15) is 16.8 Å². The van der Waals surface area contributed by atoms with Crippen molar-refractivity contribution in [3.8, 4) is 11.5 Å². The molecule has 7 N–H and O–H groups in total. The molecule has 0 saturated heterocycles. The third-order valence-corrected chi connectivity index (χ3v) is 3.58. The molecule has 0 aliphatic heterocycles. The van der Waals surface area contributed by atoms with E-state index in [0.717, 1.165) is 5.52 Å². The molecule has 2 amide bonds. The number of benzene rings is 1. The number of aromatic nitrogens is 3. The first kappa shape index (κ1) is 16.2. The third-order valence-electron chi connectivity index (χ3n) is 3.58. The lowest BCUT2D eigenvalue weighted by Gasteiger charge is -2.04. The Bertz CT molecular complexity index is 941. The van der Waals surface area contributed by atoms with Crippen molar-refractivity contribution in [3.63, 3.8) is 0 Å². The molecule has 25 heavy (non-hydrogen) atoms. The number of nitrogens with two attached hydrogens (primary N) is 1. The lowest BCUT2D eigenvalue weighted by atomic mass is 10.2. The maximum Gasteiger partial charge on any atom is 0.251 e. The van der Waals surface area contributed by atoms with Crippen LogP contribution in [0.15, 0.2) is 30.3 Å². The second kappa shape index (κ2) is 6.87. The predicted molar refractivity (Wildman–Crippen MR) is 94.4 cm³/mol. The molecule has 2 heterocycles. The minimum atomic E-state index is -0.239. The van der Waals surface area contributed by atoms with Crippen molar-refractivity contribution in [2.45, 2.75) is 6.42 Å². The van der Waals surface area contributed by atoms with E-state index in [0.29, 0.717) is 47.8 Å². The monoisotopic (exact) mass is 339 g/mol. The molecule has 0 aliphatic rings. The van der Waals surface area contributed by atoms with E-state index in [1.807, 2.05) is 0 Å². The van der Waals surface area contributed by atoms with Gasteiger partial charge in [0.2, 0.25) is 6.41 Å². The van der Waals surface area contributed by atoms with Gasteiger partial charge >= 0.3 is 0 Å². The van der Waals surface area contributed by atoms with Crippen LogP contribution in [-0.2, 0) is 4.79 Å². The second-order valence-corrected chi connectivity index (χ2v) is 5.40. The van der Waals surface area contributed by atoms with E-state index in [2.05, 4.69) is 25.6 Å². The molecule has 3 rings (SSSR count). The number of rotatable bonds is 7. The molecular formula is C16H17N7O2. The molecule has 1 aromatic carbocycles. The number of imidazole rings is 1. The van der Waals surface area contributed by atoms with Gasteiger partial charge in [0.05, 0.1) is 22.6 Å². The number of hydrogen-bond acceptors (Lipinski definition) is 4. The zero-order valence-corrected chi connectivity index (χ0v) is 13.2. The first-order chi connectivity index (χ1) is 12.1. The number of aromatic amines is 2. The molecule has 3 aromatic rings. The van der Waals surface area contributed by atoms with E-state index < -0.39 is 0 Å². The van der Waals surface area contributed by atoms with Gasteiger partial charge in [0.15, 0.2) is 5.82 Å². The molecule has 128 valence electrons. The standard InChI is InChI=1S/C16H17N7O2/c17-13(18)5-6-19-16(25)9-1-2-10-12(7-9)23-15(22-10)11-3-4-14(21-11)20-8-24/h1-4,7-8,21H,5-6H2,(H3,17,18)(H,19,25)(H,20,24)(H,22,23). The molecule has 0 bridgehead atoms. The Hall–Kier alpha value is -3.62. The fraction of sp³-hybridized carbons (Fsp3) is 0.125. The summed E-state index contributed by atoms with van der Waals surface area (Å²) in [6.45, 7) is 0.315. The molecule has 0 atom stereocenters. The highest BCUT2D eigenvalue weighted by molar-refractivity contribution is 5.97. The molecule has 2 aromatic heterocycles. The minimum Gasteiger partial charge on any atom is -0.388 e. The second-order valence-electron chi connectivity index (χ2n) is 5.40. The highest BCUT2D eigenvalue weighted by atomic mass is 16.1. The van der Waals surface area contributed by atoms with Crippen LogP contribution in [0.25, 0.3) is 22.6 Å². The maximum absolute atomic E-state index is 12.1. The third kappa shape index (κ3) is 3.66. The smallest absolute Gasteiger partial charge is 0.251 e. The summed E-state index contributed by atoms with van der Waals surface area (Å²) in [4.78, 5) is 33.2. The summed E-state index contributed by atoms with van der Waals surface area (Å²) in [6.07, 6.45) is 0.900. The summed E-state index contributed by atoms with van der Waals surface area (Å²) in [5, 5.41) is 12.4. The minimum absolute atomic E-state index is 0.0309. The summed E-state index contributed by atoms with van der Waals surface area (Å²) in [5.74, 6) is 0.957. The quantitative estimate of drug-likeness (QED) is 0.217. The van der Waals surface area contributed by atoms with Gasteiger partial charge in [0, 0.05) is 18.5 Å². The number of H-pyrrole nitrogens is 2. The number of nitrogens with zero attached hydrogens (tertiary/aromatic N) is 1. The zero-order valence-electron chi connectivity index (χ0n) is 13.2. The average molecular weight is 339 g/mol. The zero-order chi connectivity index (χ0) is 17.8. The number of carbonyl (C=O) groups excluding carboxylic acids is 2. The topological polar surface area (TPSA) is 153 Å². The normalized spacial score (nSPS) is 10.6. The number of anilines is 1. The van der Waals surface area contributed by atoms with Crippen LogP contribution in [0.3, 0.4) is 0 Å². The fourth-order valence-corrected chi connectivity index (χ4v) is 2.37. The van der Waals surface area contributed by atoms with E-state index in [1.165, 1.54) is 0 Å². The number of carbonyl (C=O) groups is 2. The van der Waals surface area contributed by atoms with Crippen molar-refractivity contribution in [1.29, 1.82) is 5.41 Å². The lowest BCUT2D eigenvalue weighted by molar-refractivity contribution is -0.105. The molecule has 9 heteroatoms. The predicted octanol–water partition coefficient (Wildman–Crippen LogP) is 1.18. The first-order valence-electron chi connectivity index (χ1n) is 7.57. The number of fused-ring (bicyclic) bond motifs is 1. The van der Waals surface area contributed by atoms with Crippen molar-refractivity contribution in [2.75, 3.05) is 11.9 Å². The van der Waals surface area contributed by atoms with E-state index in [1.54, 1.807) is 30.3 Å². The van der Waals surface area contributed by atoms with Gasteiger partial charge in [-0.1, -0.05) is 0 Å². The Kier molecular flexibility index (Phi) is 4.46. The van der Waals surface area contributed by atoms with Crippen LogP contribution in [0.4, 0.5) is 5.82 Å². The van der Waals surface area contributed by atoms with Crippen LogP contribution < -0.4 is 16.4 Å². The first-order valence-corrected chi connectivity index (χ1v) is 7.57. The Morgan fingerprint density at radius 3 is 2.88 bits per heavy atom. The maximum atomic E-state index is 12.1. The summed E-state index contributed by atoms with van der Waals surface area (Å²) < 4.78 is 0. The van der Waals surface area contributed by atoms with E-state index >= 15 is 0 Å². The van der Waals surface area contributed by atoms with Crippen LogP contribution in [0.2, 0.25) is 0 Å². The van der Waals surface area contributed by atoms with Gasteiger partial charge in [0.1, 0.15) is 5.82 Å². The molecule has 0 unspecified atom stereocenters. The van der Waals surface area contributed by atoms with Gasteiger partial charge in [-0.15, -0.1) is 0 Å². The van der Waals surface area contributed by atoms with E-state index in [4.69, 9.17) is 11.1 Å². The SMILES string of the molecule is N=C(N)CCNC(=O)c1ccc2nc(-c3ccc(NC=O)[nH]3)[nH]c2c1. The molecule has 0 aliphatic carbocycles. The summed E-state index contributed by atoms with van der Waals surface area (Å²) in [7, 11) is 0. The Labute approximate surface area is 142 Å². The Morgan fingerprint density at radius 2 is 2.12 bits per heavy atom. The van der Waals surface area contributed by atoms with Gasteiger partial charge in [0.25, 0.3) is 5.91 Å². The van der Waals surface area contributed by atoms with Gasteiger partial charge in [-0.3, -0.25) is 15.0 Å². The van der Waals surface area contributed by atoms with Gasteiger partial charge in [-0.25, -0.2) is 4.98 Å². The average Bonchev–Trinajstić information content (AvgIpc) is 3.20. The van der Waals surface area contributed by atoms with Crippen LogP contribution in [-0.4, -0.2) is 39.6 Å². The fourth-order valence-electron chi connectivity index (χ4n) is 2.37. The number of amides is 2. The van der Waals surface area contributed by atoms with E-state index in [-0.39, 0.29) is 11.7 Å². The van der Waals surface area contributed by atoms with Crippen LogP contribution in [0.5, 0.6) is 0 Å². The molecular weight excluding hydrogens is 322 g/mol. The molecule has 0 spiro atoms.